The highest BCUT2D eigenvalue weighted by Crippen LogP contribution is 2.39. The smallest absolute Gasteiger partial charge is 0.253 e. The van der Waals surface area contributed by atoms with Crippen molar-refractivity contribution in [2.45, 2.75) is 25.3 Å². The molecule has 0 aliphatic carbocycles. The normalized spacial score (nSPS) is 20.7. The molecule has 1 aromatic heterocycles. The van der Waals surface area contributed by atoms with E-state index >= 15 is 0 Å². The van der Waals surface area contributed by atoms with Gasteiger partial charge in [-0.05, 0) is 66.1 Å². The minimum atomic E-state index is -0.363. The van der Waals surface area contributed by atoms with Gasteiger partial charge in [0, 0.05) is 30.1 Å². The number of benzene rings is 2. The van der Waals surface area contributed by atoms with Crippen LogP contribution in [0.5, 0.6) is 0 Å². The molecule has 3 aromatic rings. The summed E-state index contributed by atoms with van der Waals surface area (Å²) in [5, 5.41) is 2.11. The zero-order valence-electron chi connectivity index (χ0n) is 17.7. The SMILES string of the molecule is O=C(c1ccc(F)cc1)N1CCC[C@@H](C(=O)N2CCc3sccc3[C@@H]2c2ccccc2)C1. The first kappa shape index (κ1) is 20.9. The van der Waals surface area contributed by atoms with Crippen LogP contribution in [0.4, 0.5) is 4.39 Å². The molecule has 0 radical (unpaired) electrons. The van der Waals surface area contributed by atoms with E-state index in [0.29, 0.717) is 25.2 Å². The van der Waals surface area contributed by atoms with Crippen molar-refractivity contribution in [1.82, 2.24) is 9.80 Å². The first-order valence-corrected chi connectivity index (χ1v) is 12.0. The number of likely N-dealkylation sites (tertiary alicyclic amines) is 1. The summed E-state index contributed by atoms with van der Waals surface area (Å²) in [6, 6.07) is 17.9. The highest BCUT2D eigenvalue weighted by molar-refractivity contribution is 7.10. The molecule has 32 heavy (non-hydrogen) atoms. The summed E-state index contributed by atoms with van der Waals surface area (Å²) in [5.41, 5.74) is 2.80. The average Bonchev–Trinajstić information content (AvgIpc) is 3.32. The molecule has 2 amide bonds. The van der Waals surface area contributed by atoms with Crippen LogP contribution >= 0.6 is 11.3 Å². The molecule has 0 unspecified atom stereocenters. The van der Waals surface area contributed by atoms with Crippen molar-refractivity contribution < 1.29 is 14.0 Å². The van der Waals surface area contributed by atoms with Gasteiger partial charge in [0.1, 0.15) is 5.82 Å². The molecular weight excluding hydrogens is 423 g/mol. The number of carbonyl (C=O) groups excluding carboxylic acids is 2. The molecule has 1 saturated heterocycles. The maximum absolute atomic E-state index is 13.8. The highest BCUT2D eigenvalue weighted by atomic mass is 32.1. The van der Waals surface area contributed by atoms with E-state index in [1.54, 1.807) is 16.2 Å². The van der Waals surface area contributed by atoms with E-state index in [4.69, 9.17) is 0 Å². The summed E-state index contributed by atoms with van der Waals surface area (Å²) in [7, 11) is 0. The average molecular weight is 449 g/mol. The lowest BCUT2D eigenvalue weighted by Gasteiger charge is -2.40. The van der Waals surface area contributed by atoms with Gasteiger partial charge in [0.25, 0.3) is 5.91 Å². The summed E-state index contributed by atoms with van der Waals surface area (Å²) < 4.78 is 13.3. The van der Waals surface area contributed by atoms with E-state index < -0.39 is 0 Å². The molecule has 2 aliphatic rings. The van der Waals surface area contributed by atoms with Gasteiger partial charge in [-0.1, -0.05) is 30.3 Å². The molecule has 5 rings (SSSR count). The monoisotopic (exact) mass is 448 g/mol. The Kier molecular flexibility index (Phi) is 5.79. The van der Waals surface area contributed by atoms with Crippen molar-refractivity contribution in [2.24, 2.45) is 5.92 Å². The lowest BCUT2D eigenvalue weighted by atomic mass is 9.89. The first-order valence-electron chi connectivity index (χ1n) is 11.1. The van der Waals surface area contributed by atoms with Crippen LogP contribution in [0.2, 0.25) is 0 Å². The zero-order valence-corrected chi connectivity index (χ0v) is 18.6. The highest BCUT2D eigenvalue weighted by Gasteiger charge is 2.38. The molecule has 0 spiro atoms. The van der Waals surface area contributed by atoms with E-state index in [9.17, 15) is 14.0 Å². The topological polar surface area (TPSA) is 40.6 Å². The van der Waals surface area contributed by atoms with E-state index in [1.165, 1.54) is 34.7 Å². The van der Waals surface area contributed by atoms with E-state index in [1.807, 2.05) is 23.1 Å². The minimum Gasteiger partial charge on any atom is -0.338 e. The Morgan fingerprint density at radius 1 is 0.969 bits per heavy atom. The van der Waals surface area contributed by atoms with Crippen molar-refractivity contribution in [3.05, 3.63) is 93.4 Å². The number of halogens is 1. The molecule has 2 aliphatic heterocycles. The fourth-order valence-electron chi connectivity index (χ4n) is 4.92. The van der Waals surface area contributed by atoms with E-state index in [2.05, 4.69) is 23.6 Å². The molecule has 2 aromatic carbocycles. The summed E-state index contributed by atoms with van der Waals surface area (Å²) in [6.07, 6.45) is 2.43. The zero-order chi connectivity index (χ0) is 22.1. The van der Waals surface area contributed by atoms with E-state index in [0.717, 1.165) is 24.8 Å². The second-order valence-electron chi connectivity index (χ2n) is 8.49. The largest absolute Gasteiger partial charge is 0.338 e. The number of nitrogens with zero attached hydrogens (tertiary/aromatic N) is 2. The van der Waals surface area contributed by atoms with Crippen molar-refractivity contribution >= 4 is 23.2 Å². The molecule has 0 N–H and O–H groups in total. The Labute approximate surface area is 191 Å². The fourth-order valence-corrected chi connectivity index (χ4v) is 5.83. The van der Waals surface area contributed by atoms with Gasteiger partial charge in [0.05, 0.1) is 12.0 Å². The summed E-state index contributed by atoms with van der Waals surface area (Å²) in [5.74, 6) is -0.606. The van der Waals surface area contributed by atoms with Crippen molar-refractivity contribution in [3.8, 4) is 0 Å². The van der Waals surface area contributed by atoms with Gasteiger partial charge in [0.15, 0.2) is 0 Å². The number of thiophene rings is 1. The fraction of sp³-hybridized carbons (Fsp3) is 0.308. The summed E-state index contributed by atoms with van der Waals surface area (Å²) in [4.78, 5) is 31.8. The molecule has 4 nitrogen and oxygen atoms in total. The molecule has 0 saturated carbocycles. The predicted octanol–water partition coefficient (Wildman–Crippen LogP) is 4.91. The van der Waals surface area contributed by atoms with Gasteiger partial charge in [-0.25, -0.2) is 4.39 Å². The molecule has 3 heterocycles. The maximum Gasteiger partial charge on any atom is 0.253 e. The van der Waals surface area contributed by atoms with Crippen LogP contribution in [0.25, 0.3) is 0 Å². The molecule has 0 bridgehead atoms. The Bertz CT molecular complexity index is 1110. The number of carbonyl (C=O) groups is 2. The third-order valence-electron chi connectivity index (χ3n) is 6.51. The van der Waals surface area contributed by atoms with Crippen LogP contribution in [-0.4, -0.2) is 41.2 Å². The Balaban J connectivity index is 1.38. The van der Waals surface area contributed by atoms with Gasteiger partial charge < -0.3 is 9.80 Å². The van der Waals surface area contributed by atoms with E-state index in [-0.39, 0.29) is 29.6 Å². The lowest BCUT2D eigenvalue weighted by molar-refractivity contribution is -0.139. The third-order valence-corrected chi connectivity index (χ3v) is 7.51. The number of rotatable bonds is 3. The third kappa shape index (κ3) is 3.95. The van der Waals surface area contributed by atoms with Crippen molar-refractivity contribution in [1.29, 1.82) is 0 Å². The number of amides is 2. The Hall–Kier alpha value is -2.99. The number of hydrogen-bond donors (Lipinski definition) is 0. The van der Waals surface area contributed by atoms with Gasteiger partial charge in [-0.3, -0.25) is 9.59 Å². The predicted molar refractivity (Wildman–Crippen MR) is 123 cm³/mol. The molecule has 164 valence electrons. The summed E-state index contributed by atoms with van der Waals surface area (Å²) >= 11 is 1.76. The number of fused-ring (bicyclic) bond motifs is 1. The second-order valence-corrected chi connectivity index (χ2v) is 9.49. The van der Waals surface area contributed by atoms with Crippen LogP contribution < -0.4 is 0 Å². The van der Waals surface area contributed by atoms with Crippen LogP contribution in [0.3, 0.4) is 0 Å². The van der Waals surface area contributed by atoms with Crippen molar-refractivity contribution in [3.63, 3.8) is 0 Å². The van der Waals surface area contributed by atoms with Gasteiger partial charge in [-0.2, -0.15) is 0 Å². The Morgan fingerprint density at radius 2 is 1.75 bits per heavy atom. The van der Waals surface area contributed by atoms with Gasteiger partial charge >= 0.3 is 0 Å². The lowest BCUT2D eigenvalue weighted by Crippen LogP contribution is -2.49. The quantitative estimate of drug-likeness (QED) is 0.571. The molecule has 1 fully saturated rings. The Morgan fingerprint density at radius 3 is 2.53 bits per heavy atom. The number of piperidine rings is 1. The first-order chi connectivity index (χ1) is 15.6. The second kappa shape index (κ2) is 8.87. The van der Waals surface area contributed by atoms with Gasteiger partial charge in [-0.15, -0.1) is 11.3 Å². The molecule has 6 heteroatoms. The standard InChI is InChI=1S/C26H25FN2O2S/c27-21-10-8-19(9-11-21)25(30)28-14-4-7-20(17-28)26(31)29-15-12-23-22(13-16-32-23)24(29)18-5-2-1-3-6-18/h1-3,5-6,8-11,13,16,20,24H,4,7,12,14-15,17H2/t20-,24+/m1/s1. The van der Waals surface area contributed by atoms with Crippen molar-refractivity contribution in [2.75, 3.05) is 19.6 Å². The minimum absolute atomic E-state index is 0.0816. The number of hydrogen-bond acceptors (Lipinski definition) is 3. The van der Waals surface area contributed by atoms with Gasteiger partial charge in [0.2, 0.25) is 5.91 Å². The van der Waals surface area contributed by atoms with Crippen LogP contribution in [0.1, 0.15) is 45.2 Å². The maximum atomic E-state index is 13.8. The molecular formula is C26H25FN2O2S. The summed E-state index contributed by atoms with van der Waals surface area (Å²) in [6.45, 7) is 1.72. The van der Waals surface area contributed by atoms with Crippen LogP contribution in [0, 0.1) is 11.7 Å². The molecule has 2 atom stereocenters. The van der Waals surface area contributed by atoms with Crippen LogP contribution in [-0.2, 0) is 11.2 Å². The van der Waals surface area contributed by atoms with Crippen LogP contribution in [0.15, 0.2) is 66.0 Å².